The van der Waals surface area contributed by atoms with Crippen LogP contribution in [-0.2, 0) is 0 Å². The molecule has 1 amide bonds. The van der Waals surface area contributed by atoms with Crippen LogP contribution in [0.3, 0.4) is 0 Å². The highest BCUT2D eigenvalue weighted by atomic mass is 79.9. The number of benzene rings is 2. The van der Waals surface area contributed by atoms with E-state index in [9.17, 15) is 13.6 Å². The molecule has 6 nitrogen and oxygen atoms in total. The molecule has 2 aromatic carbocycles. The van der Waals surface area contributed by atoms with E-state index < -0.39 is 11.6 Å². The molecular weight excluding hydrogens is 456 g/mol. The van der Waals surface area contributed by atoms with Crippen LogP contribution >= 0.6 is 15.9 Å². The SMILES string of the molecule is Cc1c(C(=O)NCC2CCN(c3ccc(F)c(F)c3)C2)nnn1-c1cccc(Br)c1. The highest BCUT2D eigenvalue weighted by Gasteiger charge is 2.25. The normalized spacial score (nSPS) is 16.1. The van der Waals surface area contributed by atoms with Crippen molar-refractivity contribution in [1.82, 2.24) is 20.3 Å². The Labute approximate surface area is 181 Å². The minimum absolute atomic E-state index is 0.211. The van der Waals surface area contributed by atoms with Gasteiger partial charge in [0.2, 0.25) is 0 Å². The number of nitrogens with zero attached hydrogens (tertiary/aromatic N) is 4. The van der Waals surface area contributed by atoms with Crippen molar-refractivity contribution in [2.24, 2.45) is 5.92 Å². The van der Waals surface area contributed by atoms with Crippen molar-refractivity contribution >= 4 is 27.5 Å². The van der Waals surface area contributed by atoms with E-state index in [2.05, 4.69) is 31.6 Å². The van der Waals surface area contributed by atoms with E-state index in [1.165, 1.54) is 6.07 Å². The Morgan fingerprint density at radius 1 is 1.20 bits per heavy atom. The zero-order valence-electron chi connectivity index (χ0n) is 16.3. The lowest BCUT2D eigenvalue weighted by molar-refractivity contribution is 0.0942. The molecule has 9 heteroatoms. The summed E-state index contributed by atoms with van der Waals surface area (Å²) < 4.78 is 29.2. The largest absolute Gasteiger partial charge is 0.371 e. The lowest BCUT2D eigenvalue weighted by Crippen LogP contribution is -2.31. The molecular formula is C21H20BrF2N5O. The summed E-state index contributed by atoms with van der Waals surface area (Å²) in [6.45, 7) is 3.66. The molecule has 0 bridgehead atoms. The number of carbonyl (C=O) groups is 1. The fourth-order valence-electron chi connectivity index (χ4n) is 3.63. The maximum Gasteiger partial charge on any atom is 0.273 e. The van der Waals surface area contributed by atoms with Gasteiger partial charge in [0, 0.05) is 35.9 Å². The number of anilines is 1. The first kappa shape index (κ1) is 20.5. The minimum Gasteiger partial charge on any atom is -0.371 e. The standard InChI is InChI=1S/C21H20BrF2N5O/c1-13-20(26-27-29(13)17-4-2-3-15(22)9-17)21(30)25-11-14-7-8-28(12-14)16-5-6-18(23)19(24)10-16/h2-6,9-10,14H,7-8,11-12H2,1H3,(H,25,30). The Hall–Kier alpha value is -2.81. The van der Waals surface area contributed by atoms with Gasteiger partial charge in [-0.15, -0.1) is 5.10 Å². The predicted molar refractivity (Wildman–Crippen MR) is 113 cm³/mol. The fraction of sp³-hybridized carbons (Fsp3) is 0.286. The van der Waals surface area contributed by atoms with Gasteiger partial charge < -0.3 is 10.2 Å². The average Bonchev–Trinajstić information content (AvgIpc) is 3.35. The Morgan fingerprint density at radius 3 is 2.80 bits per heavy atom. The van der Waals surface area contributed by atoms with Gasteiger partial charge in [0.25, 0.3) is 5.91 Å². The second-order valence-corrected chi connectivity index (χ2v) is 8.24. The van der Waals surface area contributed by atoms with E-state index in [-0.39, 0.29) is 17.5 Å². The smallest absolute Gasteiger partial charge is 0.273 e. The van der Waals surface area contributed by atoms with Gasteiger partial charge in [-0.25, -0.2) is 13.5 Å². The summed E-state index contributed by atoms with van der Waals surface area (Å²) in [5.41, 5.74) is 2.40. The lowest BCUT2D eigenvalue weighted by atomic mass is 10.1. The van der Waals surface area contributed by atoms with Gasteiger partial charge >= 0.3 is 0 Å². The summed E-state index contributed by atoms with van der Waals surface area (Å²) in [4.78, 5) is 14.6. The van der Waals surface area contributed by atoms with Crippen molar-refractivity contribution in [2.75, 3.05) is 24.5 Å². The molecule has 4 rings (SSSR count). The maximum absolute atomic E-state index is 13.5. The van der Waals surface area contributed by atoms with Gasteiger partial charge in [0.1, 0.15) is 0 Å². The molecule has 2 heterocycles. The van der Waals surface area contributed by atoms with Crippen LogP contribution in [0, 0.1) is 24.5 Å². The number of aromatic nitrogens is 3. The van der Waals surface area contributed by atoms with Crippen molar-refractivity contribution in [3.05, 3.63) is 70.0 Å². The number of hydrogen-bond acceptors (Lipinski definition) is 4. The molecule has 1 aromatic heterocycles. The first-order valence-electron chi connectivity index (χ1n) is 9.59. The van der Waals surface area contributed by atoms with E-state index in [1.807, 2.05) is 29.2 Å². The van der Waals surface area contributed by atoms with Gasteiger partial charge in [-0.05, 0) is 49.6 Å². The van der Waals surface area contributed by atoms with Crippen LogP contribution in [-0.4, -0.2) is 40.5 Å². The topological polar surface area (TPSA) is 63.1 Å². The van der Waals surface area contributed by atoms with E-state index >= 15 is 0 Å². The minimum atomic E-state index is -0.854. The van der Waals surface area contributed by atoms with Crippen LogP contribution < -0.4 is 10.2 Å². The van der Waals surface area contributed by atoms with Crippen LogP contribution in [0.4, 0.5) is 14.5 Å². The molecule has 0 spiro atoms. The molecule has 1 atom stereocenters. The molecule has 156 valence electrons. The molecule has 0 saturated carbocycles. The molecule has 1 aliphatic rings. The van der Waals surface area contributed by atoms with E-state index in [1.54, 1.807) is 17.7 Å². The highest BCUT2D eigenvalue weighted by molar-refractivity contribution is 9.10. The predicted octanol–water partition coefficient (Wildman–Crippen LogP) is 3.87. The van der Waals surface area contributed by atoms with Crippen molar-refractivity contribution < 1.29 is 13.6 Å². The second-order valence-electron chi connectivity index (χ2n) is 7.32. The molecule has 30 heavy (non-hydrogen) atoms. The van der Waals surface area contributed by atoms with Gasteiger partial charge in [0.05, 0.1) is 11.4 Å². The Kier molecular flexibility index (Phi) is 5.80. The monoisotopic (exact) mass is 475 g/mol. The van der Waals surface area contributed by atoms with Crippen molar-refractivity contribution in [2.45, 2.75) is 13.3 Å². The maximum atomic E-state index is 13.5. The van der Waals surface area contributed by atoms with E-state index in [0.717, 1.165) is 29.2 Å². The quantitative estimate of drug-likeness (QED) is 0.608. The number of hydrogen-bond donors (Lipinski definition) is 1. The number of amides is 1. The van der Waals surface area contributed by atoms with Gasteiger partial charge in [0.15, 0.2) is 17.3 Å². The first-order valence-corrected chi connectivity index (χ1v) is 10.4. The molecule has 0 aliphatic carbocycles. The average molecular weight is 476 g/mol. The van der Waals surface area contributed by atoms with E-state index in [0.29, 0.717) is 24.5 Å². The van der Waals surface area contributed by atoms with Crippen LogP contribution in [0.2, 0.25) is 0 Å². The van der Waals surface area contributed by atoms with Crippen LogP contribution in [0.25, 0.3) is 5.69 Å². The number of nitrogens with one attached hydrogen (secondary N) is 1. The third-order valence-electron chi connectivity index (χ3n) is 5.27. The number of rotatable bonds is 5. The van der Waals surface area contributed by atoms with Gasteiger partial charge in [-0.3, -0.25) is 4.79 Å². The Bertz CT molecular complexity index is 1090. The van der Waals surface area contributed by atoms with Crippen LogP contribution in [0.1, 0.15) is 22.6 Å². The summed E-state index contributed by atoms with van der Waals surface area (Å²) in [7, 11) is 0. The summed E-state index contributed by atoms with van der Waals surface area (Å²) in [5.74, 6) is -1.77. The van der Waals surface area contributed by atoms with E-state index in [4.69, 9.17) is 0 Å². The highest BCUT2D eigenvalue weighted by Crippen LogP contribution is 2.25. The molecule has 3 aromatic rings. The van der Waals surface area contributed by atoms with Crippen molar-refractivity contribution in [1.29, 1.82) is 0 Å². The number of halogens is 3. The van der Waals surface area contributed by atoms with Gasteiger partial charge in [-0.2, -0.15) is 0 Å². The number of carbonyl (C=O) groups excluding carboxylic acids is 1. The van der Waals surface area contributed by atoms with Crippen molar-refractivity contribution in [3.8, 4) is 5.69 Å². The third kappa shape index (κ3) is 4.21. The molecule has 1 N–H and O–H groups in total. The Morgan fingerprint density at radius 2 is 2.03 bits per heavy atom. The first-order chi connectivity index (χ1) is 14.4. The summed E-state index contributed by atoms with van der Waals surface area (Å²) >= 11 is 3.43. The summed E-state index contributed by atoms with van der Waals surface area (Å²) in [5, 5.41) is 11.1. The Balaban J connectivity index is 1.37. The zero-order valence-corrected chi connectivity index (χ0v) is 17.9. The molecule has 1 aliphatic heterocycles. The molecule has 0 radical (unpaired) electrons. The summed E-state index contributed by atoms with van der Waals surface area (Å²) in [6.07, 6.45) is 0.850. The molecule has 1 fully saturated rings. The summed E-state index contributed by atoms with van der Waals surface area (Å²) in [6, 6.07) is 11.5. The molecule has 1 saturated heterocycles. The van der Waals surface area contributed by atoms with Crippen LogP contribution in [0.5, 0.6) is 0 Å². The fourth-order valence-corrected chi connectivity index (χ4v) is 4.02. The zero-order chi connectivity index (χ0) is 21.3. The second kappa shape index (κ2) is 8.51. The van der Waals surface area contributed by atoms with Gasteiger partial charge in [-0.1, -0.05) is 27.2 Å². The molecule has 1 unspecified atom stereocenters. The van der Waals surface area contributed by atoms with Crippen LogP contribution in [0.15, 0.2) is 46.9 Å². The third-order valence-corrected chi connectivity index (χ3v) is 5.76. The lowest BCUT2D eigenvalue weighted by Gasteiger charge is -2.19. The van der Waals surface area contributed by atoms with Crippen molar-refractivity contribution in [3.63, 3.8) is 0 Å².